The van der Waals surface area contributed by atoms with Crippen molar-refractivity contribution in [3.63, 3.8) is 0 Å². The number of hydrogen-bond donors (Lipinski definition) is 1. The van der Waals surface area contributed by atoms with Crippen LogP contribution >= 0.6 is 23.1 Å². The standard InChI is InChI=1S/C14H17N3S2/c1-8(2)7-18-14-12-11(13(15)17-14)16-9-5-3-4-6-10(9)19-12/h1,3-7H2,2H3,(H2,15,17). The van der Waals surface area contributed by atoms with E-state index in [1.165, 1.54) is 23.4 Å². The van der Waals surface area contributed by atoms with E-state index in [2.05, 4.69) is 11.6 Å². The van der Waals surface area contributed by atoms with Gasteiger partial charge in [0.05, 0.1) is 10.6 Å². The van der Waals surface area contributed by atoms with Crippen molar-refractivity contribution in [1.82, 2.24) is 9.97 Å². The summed E-state index contributed by atoms with van der Waals surface area (Å²) in [6.45, 7) is 5.97. The van der Waals surface area contributed by atoms with Gasteiger partial charge in [-0.3, -0.25) is 0 Å². The summed E-state index contributed by atoms with van der Waals surface area (Å²) in [6.07, 6.45) is 4.75. The van der Waals surface area contributed by atoms with Crippen molar-refractivity contribution in [2.24, 2.45) is 0 Å². The minimum Gasteiger partial charge on any atom is -0.382 e. The first-order valence-corrected chi connectivity index (χ1v) is 8.30. The SMILES string of the molecule is C=C(C)CSc1nc(N)c2nc3c(sc1-2)CCCC3. The second-order valence-corrected chi connectivity index (χ2v) is 7.09. The lowest BCUT2D eigenvalue weighted by atomic mass is 10.0. The maximum atomic E-state index is 6.01. The van der Waals surface area contributed by atoms with E-state index in [0.717, 1.165) is 39.8 Å². The van der Waals surface area contributed by atoms with Gasteiger partial charge in [-0.2, -0.15) is 0 Å². The zero-order valence-corrected chi connectivity index (χ0v) is 12.7. The van der Waals surface area contributed by atoms with Crippen LogP contribution in [0.3, 0.4) is 0 Å². The van der Waals surface area contributed by atoms with Gasteiger partial charge in [0.1, 0.15) is 10.7 Å². The summed E-state index contributed by atoms with van der Waals surface area (Å²) < 4.78 is 0. The van der Waals surface area contributed by atoms with Crippen LogP contribution in [0.25, 0.3) is 10.6 Å². The first-order chi connectivity index (χ1) is 9.15. The average molecular weight is 291 g/mol. The maximum absolute atomic E-state index is 6.01. The van der Waals surface area contributed by atoms with E-state index in [1.807, 2.05) is 18.3 Å². The minimum absolute atomic E-state index is 0.573. The number of nitrogens with two attached hydrogens (primary N) is 1. The van der Waals surface area contributed by atoms with Crippen molar-refractivity contribution in [3.8, 4) is 10.6 Å². The van der Waals surface area contributed by atoms with Crippen LogP contribution in [0.2, 0.25) is 0 Å². The van der Waals surface area contributed by atoms with Crippen molar-refractivity contribution in [1.29, 1.82) is 0 Å². The zero-order valence-electron chi connectivity index (χ0n) is 11.0. The van der Waals surface area contributed by atoms with Crippen LogP contribution in [0.4, 0.5) is 5.82 Å². The Morgan fingerprint density at radius 3 is 2.95 bits per heavy atom. The Bertz CT molecular complexity index is 603. The molecular weight excluding hydrogens is 274 g/mol. The van der Waals surface area contributed by atoms with Crippen LogP contribution in [0.1, 0.15) is 30.3 Å². The highest BCUT2D eigenvalue weighted by Gasteiger charge is 2.23. The van der Waals surface area contributed by atoms with Gasteiger partial charge in [0.25, 0.3) is 0 Å². The molecule has 3 nitrogen and oxygen atoms in total. The van der Waals surface area contributed by atoms with Crippen LogP contribution in [0.5, 0.6) is 0 Å². The predicted molar refractivity (Wildman–Crippen MR) is 83.1 cm³/mol. The van der Waals surface area contributed by atoms with Crippen LogP contribution in [-0.2, 0) is 12.8 Å². The fourth-order valence-electron chi connectivity index (χ4n) is 2.27. The largest absolute Gasteiger partial charge is 0.382 e. The smallest absolute Gasteiger partial charge is 0.152 e. The Morgan fingerprint density at radius 2 is 2.16 bits per heavy atom. The van der Waals surface area contributed by atoms with Crippen LogP contribution in [-0.4, -0.2) is 15.7 Å². The van der Waals surface area contributed by atoms with Crippen molar-refractivity contribution in [2.45, 2.75) is 37.6 Å². The van der Waals surface area contributed by atoms with Gasteiger partial charge in [0.15, 0.2) is 5.82 Å². The number of thioether (sulfide) groups is 1. The molecule has 0 bridgehead atoms. The van der Waals surface area contributed by atoms with Gasteiger partial charge in [0.2, 0.25) is 0 Å². The third-order valence-corrected chi connectivity index (χ3v) is 5.80. The van der Waals surface area contributed by atoms with Crippen molar-refractivity contribution >= 4 is 28.9 Å². The minimum atomic E-state index is 0.573. The lowest BCUT2D eigenvalue weighted by molar-refractivity contribution is 0.679. The molecule has 0 spiro atoms. The van der Waals surface area contributed by atoms with Gasteiger partial charge >= 0.3 is 0 Å². The van der Waals surface area contributed by atoms with E-state index in [4.69, 9.17) is 10.7 Å². The Hall–Kier alpha value is -1.07. The van der Waals surface area contributed by atoms with Crippen LogP contribution in [0.15, 0.2) is 17.2 Å². The summed E-state index contributed by atoms with van der Waals surface area (Å²) in [5.41, 5.74) is 9.30. The van der Waals surface area contributed by atoms with Gasteiger partial charge in [-0.1, -0.05) is 12.2 Å². The summed E-state index contributed by atoms with van der Waals surface area (Å²) in [4.78, 5) is 11.8. The van der Waals surface area contributed by atoms with Crippen LogP contribution in [0, 0.1) is 0 Å². The Kier molecular flexibility index (Phi) is 3.50. The molecule has 0 aromatic carbocycles. The number of nitrogens with zero attached hydrogens (tertiary/aromatic N) is 2. The van der Waals surface area contributed by atoms with Gasteiger partial charge in [-0.15, -0.1) is 23.1 Å². The number of fused-ring (bicyclic) bond motifs is 2. The summed E-state index contributed by atoms with van der Waals surface area (Å²) in [5.74, 6) is 1.46. The first-order valence-electron chi connectivity index (χ1n) is 6.50. The van der Waals surface area contributed by atoms with E-state index >= 15 is 0 Å². The van der Waals surface area contributed by atoms with Crippen LogP contribution < -0.4 is 5.73 Å². The highest BCUT2D eigenvalue weighted by atomic mass is 32.2. The number of hydrogen-bond acceptors (Lipinski definition) is 5. The summed E-state index contributed by atoms with van der Waals surface area (Å²) in [7, 11) is 0. The second-order valence-electron chi connectivity index (χ2n) is 5.02. The third-order valence-electron chi connectivity index (χ3n) is 3.19. The predicted octanol–water partition coefficient (Wildman–Crippen LogP) is 3.77. The normalized spacial score (nSPS) is 14.6. The molecule has 5 heteroatoms. The maximum Gasteiger partial charge on any atom is 0.152 e. The Labute approximate surface area is 121 Å². The molecular formula is C14H17N3S2. The van der Waals surface area contributed by atoms with Gasteiger partial charge in [0, 0.05) is 10.6 Å². The fraction of sp³-hybridized carbons (Fsp3) is 0.429. The molecule has 3 rings (SSSR count). The quantitative estimate of drug-likeness (QED) is 0.691. The third kappa shape index (κ3) is 2.49. The van der Waals surface area contributed by atoms with Gasteiger partial charge < -0.3 is 5.73 Å². The van der Waals surface area contributed by atoms with E-state index in [-0.39, 0.29) is 0 Å². The van der Waals surface area contributed by atoms with Crippen molar-refractivity contribution in [3.05, 3.63) is 22.7 Å². The number of aryl methyl sites for hydroxylation is 2. The highest BCUT2D eigenvalue weighted by molar-refractivity contribution is 7.99. The fourth-order valence-corrected chi connectivity index (χ4v) is 4.48. The Morgan fingerprint density at radius 1 is 1.37 bits per heavy atom. The summed E-state index contributed by atoms with van der Waals surface area (Å²) in [5, 5.41) is 1.02. The summed E-state index contributed by atoms with van der Waals surface area (Å²) >= 11 is 3.54. The van der Waals surface area contributed by atoms with E-state index in [0.29, 0.717) is 5.82 Å². The topological polar surface area (TPSA) is 51.8 Å². The van der Waals surface area contributed by atoms with Gasteiger partial charge in [-0.05, 0) is 32.6 Å². The van der Waals surface area contributed by atoms with E-state index in [1.54, 1.807) is 11.8 Å². The van der Waals surface area contributed by atoms with Crippen molar-refractivity contribution in [2.75, 3.05) is 11.5 Å². The molecule has 2 aliphatic heterocycles. The molecule has 0 aromatic heterocycles. The number of anilines is 1. The lowest BCUT2D eigenvalue weighted by Crippen LogP contribution is -2.05. The number of aromatic nitrogens is 2. The monoisotopic (exact) mass is 291 g/mol. The molecule has 2 heterocycles. The molecule has 0 fully saturated rings. The first kappa shape index (κ1) is 12.9. The molecule has 2 N–H and O–H groups in total. The Balaban J connectivity index is 2.03. The molecule has 0 saturated heterocycles. The second kappa shape index (κ2) is 5.13. The van der Waals surface area contributed by atoms with E-state index in [9.17, 15) is 0 Å². The highest BCUT2D eigenvalue weighted by Crippen LogP contribution is 2.42. The molecule has 0 amide bonds. The number of nitrogen functional groups attached to an aromatic ring is 1. The summed E-state index contributed by atoms with van der Waals surface area (Å²) in [6, 6.07) is 0. The molecule has 1 aliphatic carbocycles. The number of rotatable bonds is 3. The molecule has 0 atom stereocenters. The van der Waals surface area contributed by atoms with Crippen molar-refractivity contribution < 1.29 is 0 Å². The zero-order chi connectivity index (χ0) is 13.4. The molecule has 0 unspecified atom stereocenters. The lowest BCUT2D eigenvalue weighted by Gasteiger charge is -2.15. The average Bonchev–Trinajstić information content (AvgIpc) is 2.70. The molecule has 0 aromatic rings. The molecule has 0 saturated carbocycles. The molecule has 19 heavy (non-hydrogen) atoms. The molecule has 3 aliphatic rings. The van der Waals surface area contributed by atoms with E-state index < -0.39 is 0 Å². The van der Waals surface area contributed by atoms with Gasteiger partial charge in [-0.25, -0.2) is 9.97 Å². The molecule has 0 radical (unpaired) electrons. The molecule has 100 valence electrons.